The van der Waals surface area contributed by atoms with Crippen LogP contribution in [-0.2, 0) is 6.18 Å². The molecule has 0 unspecified atom stereocenters. The summed E-state index contributed by atoms with van der Waals surface area (Å²) in [7, 11) is 0. The van der Waals surface area contributed by atoms with Crippen molar-refractivity contribution in [2.75, 3.05) is 5.32 Å². The molecule has 1 aromatic carbocycles. The molecule has 0 radical (unpaired) electrons. The van der Waals surface area contributed by atoms with E-state index in [9.17, 15) is 27.5 Å². The summed E-state index contributed by atoms with van der Waals surface area (Å²) in [6, 6.07) is 2.90. The number of aliphatic hydroxyl groups excluding tert-OH is 1. The first-order valence-electron chi connectivity index (χ1n) is 8.06. The van der Waals surface area contributed by atoms with Crippen molar-refractivity contribution >= 4 is 11.6 Å². The van der Waals surface area contributed by atoms with Crippen molar-refractivity contribution in [3.8, 4) is 0 Å². The number of hydrogen-bond acceptors (Lipinski definition) is 4. The van der Waals surface area contributed by atoms with Crippen LogP contribution in [0, 0.1) is 5.82 Å². The van der Waals surface area contributed by atoms with E-state index in [4.69, 9.17) is 0 Å². The number of rotatable bonds is 3. The van der Waals surface area contributed by atoms with E-state index in [2.05, 4.69) is 15.0 Å². The number of aliphatic hydroxyl groups is 1. The SMILES string of the molecule is O=C(Nc1ccc(C(F)(F)F)c(F)c1[C@@H]1CCC[C@H](O)C1)c1ccon1. The van der Waals surface area contributed by atoms with E-state index in [1.165, 1.54) is 12.3 Å². The minimum Gasteiger partial charge on any atom is -0.393 e. The summed E-state index contributed by atoms with van der Waals surface area (Å²) in [6.07, 6.45) is -2.80. The average Bonchev–Trinajstić information content (AvgIpc) is 3.08. The predicted octanol–water partition coefficient (Wildman–Crippen LogP) is 4.10. The lowest BCUT2D eigenvalue weighted by Crippen LogP contribution is -2.23. The molecule has 0 bridgehead atoms. The molecule has 1 amide bonds. The first kappa shape index (κ1) is 18.4. The van der Waals surface area contributed by atoms with Crippen molar-refractivity contribution in [2.45, 2.75) is 43.9 Å². The molecule has 2 aromatic rings. The number of hydrogen-bond donors (Lipinski definition) is 2. The van der Waals surface area contributed by atoms with Crippen molar-refractivity contribution in [3.63, 3.8) is 0 Å². The van der Waals surface area contributed by atoms with E-state index in [-0.39, 0.29) is 23.4 Å². The van der Waals surface area contributed by atoms with Crippen LogP contribution in [0.25, 0.3) is 0 Å². The number of halogens is 4. The summed E-state index contributed by atoms with van der Waals surface area (Å²) in [4.78, 5) is 12.1. The van der Waals surface area contributed by atoms with E-state index < -0.39 is 35.5 Å². The Labute approximate surface area is 146 Å². The fourth-order valence-corrected chi connectivity index (χ4v) is 3.26. The highest BCUT2D eigenvalue weighted by Crippen LogP contribution is 2.42. The number of benzene rings is 1. The maximum Gasteiger partial charge on any atom is 0.419 e. The van der Waals surface area contributed by atoms with Crippen LogP contribution >= 0.6 is 0 Å². The Morgan fingerprint density at radius 3 is 2.65 bits per heavy atom. The first-order chi connectivity index (χ1) is 12.3. The highest BCUT2D eigenvalue weighted by molar-refractivity contribution is 6.03. The molecule has 1 aliphatic rings. The highest BCUT2D eigenvalue weighted by atomic mass is 19.4. The van der Waals surface area contributed by atoms with Gasteiger partial charge in [0.1, 0.15) is 12.1 Å². The average molecular weight is 372 g/mol. The van der Waals surface area contributed by atoms with E-state index in [0.29, 0.717) is 25.3 Å². The molecule has 9 heteroatoms. The standard InChI is InChI=1S/C17H16F4N2O3/c18-15-11(17(19,20)21)4-5-12(22-16(25)13-6-7-26-23-13)14(15)9-2-1-3-10(24)8-9/h4-7,9-10,24H,1-3,8H2,(H,22,25)/t9-,10+/m1/s1. The van der Waals surface area contributed by atoms with Crippen molar-refractivity contribution in [2.24, 2.45) is 0 Å². The molecular weight excluding hydrogens is 356 g/mol. The van der Waals surface area contributed by atoms with Crippen molar-refractivity contribution in [1.29, 1.82) is 0 Å². The number of alkyl halides is 3. The minimum absolute atomic E-state index is 0.0670. The zero-order valence-electron chi connectivity index (χ0n) is 13.5. The lowest BCUT2D eigenvalue weighted by molar-refractivity contribution is -0.140. The molecular formula is C17H16F4N2O3. The fraction of sp³-hybridized carbons (Fsp3) is 0.412. The largest absolute Gasteiger partial charge is 0.419 e. The quantitative estimate of drug-likeness (QED) is 0.796. The molecule has 3 rings (SSSR count). The summed E-state index contributed by atoms with van der Waals surface area (Å²) in [5.74, 6) is -2.78. The number of amides is 1. The van der Waals surface area contributed by atoms with Gasteiger partial charge in [0.25, 0.3) is 5.91 Å². The smallest absolute Gasteiger partial charge is 0.393 e. The number of anilines is 1. The molecule has 2 atom stereocenters. The van der Waals surface area contributed by atoms with Crippen LogP contribution < -0.4 is 5.32 Å². The van der Waals surface area contributed by atoms with E-state index >= 15 is 0 Å². The second kappa shape index (κ2) is 7.06. The summed E-state index contributed by atoms with van der Waals surface area (Å²) in [6.45, 7) is 0. The topological polar surface area (TPSA) is 75.4 Å². The van der Waals surface area contributed by atoms with Crippen LogP contribution in [0.2, 0.25) is 0 Å². The Balaban J connectivity index is 2.02. The molecule has 1 fully saturated rings. The molecule has 1 saturated carbocycles. The summed E-state index contributed by atoms with van der Waals surface area (Å²) >= 11 is 0. The van der Waals surface area contributed by atoms with Gasteiger partial charge in [-0.2, -0.15) is 13.2 Å². The highest BCUT2D eigenvalue weighted by Gasteiger charge is 2.38. The van der Waals surface area contributed by atoms with Crippen LogP contribution in [0.4, 0.5) is 23.2 Å². The van der Waals surface area contributed by atoms with Crippen molar-refractivity contribution in [1.82, 2.24) is 5.16 Å². The van der Waals surface area contributed by atoms with Gasteiger partial charge in [0.05, 0.1) is 11.7 Å². The number of nitrogens with one attached hydrogen (secondary N) is 1. The van der Waals surface area contributed by atoms with Crippen molar-refractivity contribution in [3.05, 3.63) is 47.1 Å². The number of nitrogens with zero attached hydrogens (tertiary/aromatic N) is 1. The van der Waals surface area contributed by atoms with Gasteiger partial charge in [0, 0.05) is 17.3 Å². The lowest BCUT2D eigenvalue weighted by atomic mass is 9.81. The minimum atomic E-state index is -4.86. The zero-order chi connectivity index (χ0) is 18.9. The Kier molecular flexibility index (Phi) is 4.99. The monoisotopic (exact) mass is 372 g/mol. The van der Waals surface area contributed by atoms with Gasteiger partial charge in [-0.3, -0.25) is 4.79 Å². The number of carbonyl (C=O) groups is 1. The Morgan fingerprint density at radius 1 is 1.27 bits per heavy atom. The first-order valence-corrected chi connectivity index (χ1v) is 8.06. The second-order valence-corrected chi connectivity index (χ2v) is 6.24. The van der Waals surface area contributed by atoms with Gasteiger partial charge in [-0.15, -0.1) is 0 Å². The van der Waals surface area contributed by atoms with Gasteiger partial charge in [0.2, 0.25) is 0 Å². The molecule has 0 aliphatic heterocycles. The molecule has 1 aliphatic carbocycles. The summed E-state index contributed by atoms with van der Waals surface area (Å²) < 4.78 is 58.6. The van der Waals surface area contributed by atoms with E-state index in [1.807, 2.05) is 0 Å². The third-order valence-corrected chi connectivity index (χ3v) is 4.46. The molecule has 2 N–H and O–H groups in total. The van der Waals surface area contributed by atoms with Crippen LogP contribution in [0.3, 0.4) is 0 Å². The fourth-order valence-electron chi connectivity index (χ4n) is 3.26. The molecule has 0 spiro atoms. The molecule has 1 heterocycles. The van der Waals surface area contributed by atoms with E-state index in [0.717, 1.165) is 6.07 Å². The number of aromatic nitrogens is 1. The normalized spacial score (nSPS) is 20.8. The van der Waals surface area contributed by atoms with Gasteiger partial charge in [0.15, 0.2) is 5.69 Å². The number of carbonyl (C=O) groups excluding carboxylic acids is 1. The van der Waals surface area contributed by atoms with Gasteiger partial charge in [-0.25, -0.2) is 4.39 Å². The van der Waals surface area contributed by atoms with Gasteiger partial charge < -0.3 is 14.9 Å². The Morgan fingerprint density at radius 2 is 2.04 bits per heavy atom. The maximum absolute atomic E-state index is 14.7. The second-order valence-electron chi connectivity index (χ2n) is 6.24. The molecule has 1 aromatic heterocycles. The van der Waals surface area contributed by atoms with Gasteiger partial charge in [-0.05, 0) is 37.3 Å². The molecule has 26 heavy (non-hydrogen) atoms. The van der Waals surface area contributed by atoms with Crippen LogP contribution in [0.5, 0.6) is 0 Å². The molecule has 0 saturated heterocycles. The van der Waals surface area contributed by atoms with Crippen LogP contribution in [0.15, 0.2) is 29.0 Å². The summed E-state index contributed by atoms with van der Waals surface area (Å²) in [5, 5.41) is 15.7. The molecule has 5 nitrogen and oxygen atoms in total. The van der Waals surface area contributed by atoms with Crippen LogP contribution in [0.1, 0.15) is 53.2 Å². The predicted molar refractivity (Wildman–Crippen MR) is 83.1 cm³/mol. The van der Waals surface area contributed by atoms with Gasteiger partial charge >= 0.3 is 6.18 Å². The third kappa shape index (κ3) is 3.72. The van der Waals surface area contributed by atoms with Crippen LogP contribution in [-0.4, -0.2) is 22.3 Å². The molecule has 140 valence electrons. The Bertz CT molecular complexity index is 790. The lowest BCUT2D eigenvalue weighted by Gasteiger charge is -2.29. The van der Waals surface area contributed by atoms with Crippen molar-refractivity contribution < 1.29 is 32.0 Å². The maximum atomic E-state index is 14.7. The summed E-state index contributed by atoms with van der Waals surface area (Å²) in [5.41, 5.74) is -1.79. The zero-order valence-corrected chi connectivity index (χ0v) is 13.5. The third-order valence-electron chi connectivity index (χ3n) is 4.46. The Hall–Kier alpha value is -2.42. The van der Waals surface area contributed by atoms with E-state index in [1.54, 1.807) is 0 Å². The van der Waals surface area contributed by atoms with Gasteiger partial charge in [-0.1, -0.05) is 11.6 Å².